The Morgan fingerprint density at radius 3 is 2.70 bits per heavy atom. The molecule has 2 aromatic heterocycles. The number of nitrogens with zero attached hydrogens (tertiary/aromatic N) is 2. The Hall–Kier alpha value is -4.47. The quantitative estimate of drug-likeness (QED) is 0.448. The highest BCUT2D eigenvalue weighted by Crippen LogP contribution is 2.26. The minimum atomic E-state index is -0.704. The third kappa shape index (κ3) is 4.74. The summed E-state index contributed by atoms with van der Waals surface area (Å²) in [6, 6.07) is 12.3. The minimum absolute atomic E-state index is 0.104. The number of rotatable bonds is 6. The van der Waals surface area contributed by atoms with E-state index in [-0.39, 0.29) is 29.1 Å². The molecule has 0 fully saturated rings. The van der Waals surface area contributed by atoms with Crippen LogP contribution in [-0.2, 0) is 11.3 Å². The number of anilines is 1. The van der Waals surface area contributed by atoms with Gasteiger partial charge in [0.15, 0.2) is 5.65 Å². The highest BCUT2D eigenvalue weighted by Gasteiger charge is 2.16. The summed E-state index contributed by atoms with van der Waals surface area (Å²) in [7, 11) is 1.41. The van der Waals surface area contributed by atoms with Crippen LogP contribution in [0.25, 0.3) is 5.65 Å². The lowest BCUT2D eigenvalue weighted by molar-refractivity contribution is 0.0467. The SMILES string of the molecule is COc1ccc(C(=O)OCc2cc(=O)n3oc(C)cc3n2)cc1NC(=O)c1cccc(F)c1. The number of aryl methyl sites for hydroxylation is 1. The van der Waals surface area contributed by atoms with Crippen molar-refractivity contribution in [1.82, 2.24) is 9.56 Å². The van der Waals surface area contributed by atoms with E-state index in [0.29, 0.717) is 17.2 Å². The summed E-state index contributed by atoms with van der Waals surface area (Å²) in [4.78, 5) is 41.4. The number of nitrogens with one attached hydrogen (secondary N) is 1. The smallest absolute Gasteiger partial charge is 0.338 e. The fourth-order valence-corrected chi connectivity index (χ4v) is 3.13. The van der Waals surface area contributed by atoms with Gasteiger partial charge in [-0.05, 0) is 43.3 Å². The van der Waals surface area contributed by atoms with Gasteiger partial charge in [-0.15, -0.1) is 4.57 Å². The van der Waals surface area contributed by atoms with Crippen molar-refractivity contribution in [3.8, 4) is 5.75 Å². The first-order valence-electron chi connectivity index (χ1n) is 9.76. The molecule has 0 unspecified atom stereocenters. The van der Waals surface area contributed by atoms with E-state index in [1.54, 1.807) is 13.0 Å². The van der Waals surface area contributed by atoms with Gasteiger partial charge in [-0.25, -0.2) is 14.2 Å². The second-order valence-corrected chi connectivity index (χ2v) is 7.04. The second kappa shape index (κ2) is 8.95. The Morgan fingerprint density at radius 2 is 1.94 bits per heavy atom. The van der Waals surface area contributed by atoms with E-state index in [2.05, 4.69) is 10.3 Å². The van der Waals surface area contributed by atoms with Gasteiger partial charge in [-0.2, -0.15) is 0 Å². The molecule has 0 aliphatic rings. The number of hydrogen-bond acceptors (Lipinski definition) is 7. The molecule has 0 aliphatic carbocycles. The largest absolute Gasteiger partial charge is 0.495 e. The van der Waals surface area contributed by atoms with Gasteiger partial charge in [-0.1, -0.05) is 6.07 Å². The number of aromatic nitrogens is 2. The number of hydrogen-bond donors (Lipinski definition) is 1. The number of halogens is 1. The van der Waals surface area contributed by atoms with Crippen molar-refractivity contribution >= 4 is 23.2 Å². The van der Waals surface area contributed by atoms with E-state index < -0.39 is 23.3 Å². The second-order valence-electron chi connectivity index (χ2n) is 7.04. The van der Waals surface area contributed by atoms with Crippen molar-refractivity contribution in [3.05, 3.63) is 93.3 Å². The summed E-state index contributed by atoms with van der Waals surface area (Å²) < 4.78 is 30.2. The molecule has 9 nitrogen and oxygen atoms in total. The zero-order valence-corrected chi connectivity index (χ0v) is 17.6. The van der Waals surface area contributed by atoms with Crippen LogP contribution in [0.15, 0.2) is 63.9 Å². The number of carbonyl (C=O) groups is 2. The van der Waals surface area contributed by atoms with Crippen LogP contribution >= 0.6 is 0 Å². The van der Waals surface area contributed by atoms with Crippen LogP contribution in [0.3, 0.4) is 0 Å². The van der Waals surface area contributed by atoms with E-state index in [1.165, 1.54) is 49.6 Å². The summed E-state index contributed by atoms with van der Waals surface area (Å²) in [6.07, 6.45) is 0. The van der Waals surface area contributed by atoms with Crippen molar-refractivity contribution in [1.29, 1.82) is 0 Å². The maximum Gasteiger partial charge on any atom is 0.338 e. The van der Waals surface area contributed by atoms with Crippen molar-refractivity contribution in [2.24, 2.45) is 0 Å². The molecule has 33 heavy (non-hydrogen) atoms. The van der Waals surface area contributed by atoms with Crippen molar-refractivity contribution in [2.45, 2.75) is 13.5 Å². The average Bonchev–Trinajstić information content (AvgIpc) is 3.18. The highest BCUT2D eigenvalue weighted by molar-refractivity contribution is 6.05. The lowest BCUT2D eigenvalue weighted by atomic mass is 10.1. The van der Waals surface area contributed by atoms with Gasteiger partial charge in [0.25, 0.3) is 11.5 Å². The summed E-state index contributed by atoms with van der Waals surface area (Å²) in [5.41, 5.74) is 0.550. The topological polar surface area (TPSA) is 112 Å². The molecule has 0 aliphatic heterocycles. The van der Waals surface area contributed by atoms with Gasteiger partial charge in [-0.3, -0.25) is 9.59 Å². The zero-order chi connectivity index (χ0) is 23.5. The van der Waals surface area contributed by atoms with Gasteiger partial charge in [0, 0.05) is 17.7 Å². The molecule has 4 rings (SSSR count). The van der Waals surface area contributed by atoms with Crippen LogP contribution in [0.1, 0.15) is 32.2 Å². The Bertz CT molecular complexity index is 1430. The lowest BCUT2D eigenvalue weighted by Gasteiger charge is -2.12. The maximum absolute atomic E-state index is 13.4. The average molecular weight is 451 g/mol. The van der Waals surface area contributed by atoms with Crippen LogP contribution in [0, 0.1) is 12.7 Å². The van der Waals surface area contributed by atoms with Crippen LogP contribution < -0.4 is 15.6 Å². The molecule has 1 amide bonds. The summed E-state index contributed by atoms with van der Waals surface area (Å²) >= 11 is 0. The van der Waals surface area contributed by atoms with Crippen molar-refractivity contribution in [2.75, 3.05) is 12.4 Å². The normalized spacial score (nSPS) is 10.8. The minimum Gasteiger partial charge on any atom is -0.495 e. The fraction of sp³-hybridized carbons (Fsp3) is 0.130. The van der Waals surface area contributed by atoms with Crippen LogP contribution in [0.4, 0.5) is 10.1 Å². The molecule has 0 saturated heterocycles. The van der Waals surface area contributed by atoms with Gasteiger partial charge in [0.2, 0.25) is 0 Å². The molecule has 168 valence electrons. The Labute approximate surface area is 186 Å². The summed E-state index contributed by atoms with van der Waals surface area (Å²) in [5, 5.41) is 2.60. The Kier molecular flexibility index (Phi) is 5.90. The Balaban J connectivity index is 1.51. The number of esters is 1. The molecule has 2 heterocycles. The predicted molar refractivity (Wildman–Crippen MR) is 115 cm³/mol. The van der Waals surface area contributed by atoms with Crippen molar-refractivity contribution in [3.63, 3.8) is 0 Å². The molecule has 0 saturated carbocycles. The van der Waals surface area contributed by atoms with E-state index in [9.17, 15) is 18.8 Å². The molecule has 4 aromatic rings. The van der Waals surface area contributed by atoms with Gasteiger partial charge >= 0.3 is 5.97 Å². The third-order valence-electron chi connectivity index (χ3n) is 4.65. The number of fused-ring (bicyclic) bond motifs is 1. The first-order chi connectivity index (χ1) is 15.8. The number of carbonyl (C=O) groups excluding carboxylic acids is 2. The first kappa shape index (κ1) is 21.8. The molecule has 0 spiro atoms. The Morgan fingerprint density at radius 1 is 1.12 bits per heavy atom. The zero-order valence-electron chi connectivity index (χ0n) is 17.6. The first-order valence-corrected chi connectivity index (χ1v) is 9.76. The monoisotopic (exact) mass is 451 g/mol. The van der Waals surface area contributed by atoms with Crippen LogP contribution in [0.5, 0.6) is 5.75 Å². The third-order valence-corrected chi connectivity index (χ3v) is 4.65. The van der Waals surface area contributed by atoms with Gasteiger partial charge in [0.1, 0.15) is 23.9 Å². The lowest BCUT2D eigenvalue weighted by Crippen LogP contribution is -2.15. The van der Waals surface area contributed by atoms with Crippen LogP contribution in [0.2, 0.25) is 0 Å². The fourth-order valence-electron chi connectivity index (χ4n) is 3.13. The molecule has 2 aromatic carbocycles. The predicted octanol–water partition coefficient (Wildman–Crippen LogP) is 3.35. The van der Waals surface area contributed by atoms with Crippen molar-refractivity contribution < 1.29 is 28.0 Å². The highest BCUT2D eigenvalue weighted by atomic mass is 19.1. The van der Waals surface area contributed by atoms with Gasteiger partial charge in [0.05, 0.1) is 24.1 Å². The van der Waals surface area contributed by atoms with Gasteiger partial charge < -0.3 is 19.3 Å². The number of amides is 1. The number of methoxy groups -OCH3 is 1. The molecule has 10 heteroatoms. The standard InChI is InChI=1S/C23H18FN3O6/c1-13-8-20-25-17(11-21(28)27(20)33-13)12-32-23(30)15-6-7-19(31-2)18(10-15)26-22(29)14-4-3-5-16(24)9-14/h3-11H,12H2,1-2H3,(H,26,29). The molecular weight excluding hydrogens is 433 g/mol. The van der Waals surface area contributed by atoms with E-state index in [4.69, 9.17) is 14.0 Å². The molecular formula is C23H18FN3O6. The molecule has 0 atom stereocenters. The number of ether oxygens (including phenoxy) is 2. The summed E-state index contributed by atoms with van der Waals surface area (Å²) in [5.74, 6) is -1.02. The van der Waals surface area contributed by atoms with Crippen LogP contribution in [-0.4, -0.2) is 28.5 Å². The van der Waals surface area contributed by atoms with E-state index in [0.717, 1.165) is 10.6 Å². The van der Waals surface area contributed by atoms with E-state index >= 15 is 0 Å². The van der Waals surface area contributed by atoms with E-state index in [1.807, 2.05) is 0 Å². The maximum atomic E-state index is 13.4. The summed E-state index contributed by atoms with van der Waals surface area (Å²) in [6.45, 7) is 1.44. The number of benzene rings is 2. The molecule has 1 N–H and O–H groups in total. The molecule has 0 bridgehead atoms. The molecule has 0 radical (unpaired) electrons.